The number of hydrogen-bond acceptors (Lipinski definition) is 3. The second-order valence-electron chi connectivity index (χ2n) is 6.37. The van der Waals surface area contributed by atoms with Crippen LogP contribution in [0.4, 0.5) is 5.69 Å². The van der Waals surface area contributed by atoms with E-state index in [1.807, 2.05) is 48.5 Å². The van der Waals surface area contributed by atoms with Gasteiger partial charge in [-0.15, -0.1) is 0 Å². The van der Waals surface area contributed by atoms with E-state index in [2.05, 4.69) is 15.9 Å². The molecule has 2 aromatic carbocycles. The lowest BCUT2D eigenvalue weighted by Crippen LogP contribution is -2.31. The maximum Gasteiger partial charge on any atom is 0.294 e. The van der Waals surface area contributed by atoms with Crippen molar-refractivity contribution in [2.24, 2.45) is 5.92 Å². The van der Waals surface area contributed by atoms with Crippen molar-refractivity contribution in [3.05, 3.63) is 76.0 Å². The lowest BCUT2D eigenvalue weighted by molar-refractivity contribution is -0.118. The van der Waals surface area contributed by atoms with E-state index in [9.17, 15) is 14.7 Å². The number of rotatable bonds is 4. The lowest BCUT2D eigenvalue weighted by Gasteiger charge is -2.27. The first-order valence-electron chi connectivity index (χ1n) is 8.19. The summed E-state index contributed by atoms with van der Waals surface area (Å²) in [6, 6.07) is 16.1. The largest absolute Gasteiger partial charge is 0.503 e. The summed E-state index contributed by atoms with van der Waals surface area (Å²) in [6.07, 6.45) is 1.64. The molecule has 1 aliphatic carbocycles. The number of aliphatic hydroxyl groups excluding tert-OH is 1. The highest BCUT2D eigenvalue weighted by Crippen LogP contribution is 2.45. The zero-order valence-electron chi connectivity index (χ0n) is 13.4. The molecule has 25 heavy (non-hydrogen) atoms. The summed E-state index contributed by atoms with van der Waals surface area (Å²) in [5.74, 6) is -1.14. The molecule has 4 rings (SSSR count). The predicted molar refractivity (Wildman–Crippen MR) is 98.2 cm³/mol. The van der Waals surface area contributed by atoms with Crippen LogP contribution in [0.15, 0.2) is 70.4 Å². The fourth-order valence-electron chi connectivity index (χ4n) is 3.27. The van der Waals surface area contributed by atoms with Crippen molar-refractivity contribution >= 4 is 33.3 Å². The molecule has 1 aliphatic heterocycles. The van der Waals surface area contributed by atoms with Crippen molar-refractivity contribution in [1.29, 1.82) is 0 Å². The first kappa shape index (κ1) is 16.1. The maximum atomic E-state index is 12.8. The quantitative estimate of drug-likeness (QED) is 0.834. The Balaban J connectivity index is 1.86. The summed E-state index contributed by atoms with van der Waals surface area (Å²) >= 11 is 3.42. The standard InChI is InChI=1S/C20H16BrNO3/c21-14-7-4-8-15(11-14)22-17(12-5-2-1-3-6-12)16(19(24)20(22)25)18(23)13-9-10-13/h1-8,11,13,17,24H,9-10H2. The van der Waals surface area contributed by atoms with Gasteiger partial charge in [-0.1, -0.05) is 52.3 Å². The van der Waals surface area contributed by atoms with E-state index in [0.717, 1.165) is 22.9 Å². The number of Topliss-reactive ketones (excluding diaryl/α,β-unsaturated/α-hetero) is 1. The second-order valence-corrected chi connectivity index (χ2v) is 7.28. The molecule has 2 aliphatic rings. The van der Waals surface area contributed by atoms with Gasteiger partial charge in [0.05, 0.1) is 11.6 Å². The van der Waals surface area contributed by atoms with Gasteiger partial charge in [0, 0.05) is 16.1 Å². The molecule has 1 unspecified atom stereocenters. The molecule has 0 bridgehead atoms. The Morgan fingerprint density at radius 3 is 2.44 bits per heavy atom. The van der Waals surface area contributed by atoms with E-state index in [1.165, 1.54) is 4.90 Å². The van der Waals surface area contributed by atoms with Crippen LogP contribution in [0.1, 0.15) is 24.4 Å². The third-order valence-electron chi connectivity index (χ3n) is 4.62. The molecule has 0 radical (unpaired) electrons. The van der Waals surface area contributed by atoms with Crippen molar-refractivity contribution in [3.63, 3.8) is 0 Å². The zero-order valence-corrected chi connectivity index (χ0v) is 14.9. The van der Waals surface area contributed by atoms with Crippen molar-refractivity contribution < 1.29 is 14.7 Å². The van der Waals surface area contributed by atoms with Crippen LogP contribution >= 0.6 is 15.9 Å². The summed E-state index contributed by atoms with van der Waals surface area (Å²) < 4.78 is 0.825. The van der Waals surface area contributed by atoms with Crippen LogP contribution in [0.25, 0.3) is 0 Å². The van der Waals surface area contributed by atoms with E-state index in [1.54, 1.807) is 6.07 Å². The number of aliphatic hydroxyl groups is 1. The number of amides is 1. The monoisotopic (exact) mass is 397 g/mol. The van der Waals surface area contributed by atoms with Crippen molar-refractivity contribution in [2.75, 3.05) is 4.90 Å². The molecule has 5 heteroatoms. The van der Waals surface area contributed by atoms with Gasteiger partial charge < -0.3 is 5.11 Å². The lowest BCUT2D eigenvalue weighted by atomic mass is 9.94. The highest BCUT2D eigenvalue weighted by Gasteiger charge is 2.47. The molecule has 2 aromatic rings. The molecule has 126 valence electrons. The van der Waals surface area contributed by atoms with Crippen LogP contribution in [0.3, 0.4) is 0 Å². The minimum atomic E-state index is -0.601. The topological polar surface area (TPSA) is 57.6 Å². The summed E-state index contributed by atoms with van der Waals surface area (Å²) in [5, 5.41) is 10.5. The average molecular weight is 398 g/mol. The normalized spacial score (nSPS) is 20.3. The third kappa shape index (κ3) is 2.78. The van der Waals surface area contributed by atoms with Crippen LogP contribution in [0.2, 0.25) is 0 Å². The van der Waals surface area contributed by atoms with Gasteiger partial charge in [-0.25, -0.2) is 0 Å². The summed E-state index contributed by atoms with van der Waals surface area (Å²) in [6.45, 7) is 0. The van der Waals surface area contributed by atoms with Crippen LogP contribution in [0.5, 0.6) is 0 Å². The van der Waals surface area contributed by atoms with E-state index >= 15 is 0 Å². The molecular formula is C20H16BrNO3. The van der Waals surface area contributed by atoms with Gasteiger partial charge in [-0.05, 0) is 36.6 Å². The molecule has 1 amide bonds. The van der Waals surface area contributed by atoms with Crippen LogP contribution < -0.4 is 4.90 Å². The smallest absolute Gasteiger partial charge is 0.294 e. The Labute approximate surface area is 153 Å². The molecule has 1 N–H and O–H groups in total. The van der Waals surface area contributed by atoms with Gasteiger partial charge >= 0.3 is 0 Å². The van der Waals surface area contributed by atoms with Gasteiger partial charge in [0.1, 0.15) is 0 Å². The molecule has 1 atom stereocenters. The van der Waals surface area contributed by atoms with E-state index in [-0.39, 0.29) is 17.3 Å². The Morgan fingerprint density at radius 1 is 1.08 bits per heavy atom. The number of nitrogens with zero attached hydrogens (tertiary/aromatic N) is 1. The number of hydrogen-bond donors (Lipinski definition) is 1. The first-order chi connectivity index (χ1) is 12.1. The Kier molecular flexibility index (Phi) is 3.96. The molecule has 1 saturated carbocycles. The Morgan fingerprint density at radius 2 is 1.80 bits per heavy atom. The minimum absolute atomic E-state index is 0.0707. The highest BCUT2D eigenvalue weighted by atomic mass is 79.9. The van der Waals surface area contributed by atoms with Crippen LogP contribution in [0, 0.1) is 5.92 Å². The van der Waals surface area contributed by atoms with E-state index in [0.29, 0.717) is 5.69 Å². The van der Waals surface area contributed by atoms with Crippen molar-refractivity contribution in [3.8, 4) is 0 Å². The Bertz CT molecular complexity index is 887. The maximum absolute atomic E-state index is 12.8. The van der Waals surface area contributed by atoms with E-state index in [4.69, 9.17) is 0 Å². The number of halogens is 1. The van der Waals surface area contributed by atoms with Crippen molar-refractivity contribution in [2.45, 2.75) is 18.9 Å². The molecule has 1 fully saturated rings. The summed E-state index contributed by atoms with van der Waals surface area (Å²) in [4.78, 5) is 27.1. The van der Waals surface area contributed by atoms with E-state index < -0.39 is 17.7 Å². The van der Waals surface area contributed by atoms with Crippen LogP contribution in [-0.4, -0.2) is 16.8 Å². The second kappa shape index (κ2) is 6.15. The third-order valence-corrected chi connectivity index (χ3v) is 5.12. The Hall–Kier alpha value is -2.40. The number of anilines is 1. The summed E-state index contributed by atoms with van der Waals surface area (Å²) in [5.41, 5.74) is 1.67. The number of benzene rings is 2. The molecule has 1 heterocycles. The fourth-order valence-corrected chi connectivity index (χ4v) is 3.65. The van der Waals surface area contributed by atoms with Gasteiger partial charge in [-0.3, -0.25) is 14.5 Å². The molecule has 0 aromatic heterocycles. The highest BCUT2D eigenvalue weighted by molar-refractivity contribution is 9.10. The minimum Gasteiger partial charge on any atom is -0.503 e. The van der Waals surface area contributed by atoms with Gasteiger partial charge in [0.15, 0.2) is 11.5 Å². The van der Waals surface area contributed by atoms with Gasteiger partial charge in [-0.2, -0.15) is 0 Å². The van der Waals surface area contributed by atoms with Crippen LogP contribution in [-0.2, 0) is 9.59 Å². The fraction of sp³-hybridized carbons (Fsp3) is 0.200. The molecule has 0 spiro atoms. The predicted octanol–water partition coefficient (Wildman–Crippen LogP) is 4.33. The molecule has 4 nitrogen and oxygen atoms in total. The zero-order chi connectivity index (χ0) is 17.6. The SMILES string of the molecule is O=C(C1=C(O)C(=O)N(c2cccc(Br)c2)C1c1ccccc1)C1CC1. The molecule has 0 saturated heterocycles. The number of carbonyl (C=O) groups is 2. The summed E-state index contributed by atoms with van der Waals surface area (Å²) in [7, 11) is 0. The molecular weight excluding hydrogens is 382 g/mol. The first-order valence-corrected chi connectivity index (χ1v) is 8.98. The number of carbonyl (C=O) groups excluding carboxylic acids is 2. The average Bonchev–Trinajstić information content (AvgIpc) is 3.43. The van der Waals surface area contributed by atoms with Gasteiger partial charge in [0.2, 0.25) is 0 Å². The number of ketones is 1. The van der Waals surface area contributed by atoms with Gasteiger partial charge in [0.25, 0.3) is 5.91 Å². The van der Waals surface area contributed by atoms with Crippen molar-refractivity contribution in [1.82, 2.24) is 0 Å².